The monoisotopic (exact) mass is 150 g/mol. The highest BCUT2D eigenvalue weighted by Crippen LogP contribution is 1.80. The molecule has 46 valence electrons. The Morgan fingerprint density at radius 3 is 2.38 bits per heavy atom. The number of hydrogen-bond donors (Lipinski definition) is 1. The van der Waals surface area contributed by atoms with Crippen LogP contribution in [0.3, 0.4) is 0 Å². The molecule has 1 aromatic heterocycles. The van der Waals surface area contributed by atoms with Crippen LogP contribution in [0.2, 0.25) is 0 Å². The second kappa shape index (κ2) is 2.99. The Morgan fingerprint density at radius 2 is 2.25 bits per heavy atom. The highest BCUT2D eigenvalue weighted by molar-refractivity contribution is 7.78. The molecule has 2 nitrogen and oxygen atoms in total. The Hall–Kier alpha value is -0.150. The molecule has 0 bridgehead atoms. The van der Waals surface area contributed by atoms with Gasteiger partial charge < -0.3 is 12.4 Å². The van der Waals surface area contributed by atoms with Gasteiger partial charge in [0.05, 0.1) is 7.05 Å². The molecule has 1 aromatic rings. The van der Waals surface area contributed by atoms with E-state index in [4.69, 9.17) is 0 Å². The highest BCUT2D eigenvalue weighted by Gasteiger charge is 1.88. The van der Waals surface area contributed by atoms with Gasteiger partial charge in [0.1, 0.15) is 12.4 Å². The highest BCUT2D eigenvalue weighted by atomic mass is 35.5. The summed E-state index contributed by atoms with van der Waals surface area (Å²) in [5.41, 5.74) is 0. The van der Waals surface area contributed by atoms with Crippen LogP contribution in [0, 0.1) is 0 Å². The Labute approximate surface area is 60.1 Å². The third kappa shape index (κ3) is 1.76. The van der Waals surface area contributed by atoms with Crippen LogP contribution in [-0.4, -0.2) is 3.97 Å². The second-order valence-electron chi connectivity index (χ2n) is 1.46. The van der Waals surface area contributed by atoms with E-state index in [9.17, 15) is 0 Å². The number of rotatable bonds is 0. The fourth-order valence-corrected chi connectivity index (χ4v) is 0.660. The lowest BCUT2D eigenvalue weighted by atomic mass is 10.9. The Kier molecular flexibility index (Phi) is 2.94. The van der Waals surface area contributed by atoms with Crippen molar-refractivity contribution in [2.24, 2.45) is 7.05 Å². The van der Waals surface area contributed by atoms with Gasteiger partial charge in [0.15, 0.2) is 0 Å². The van der Waals surface area contributed by atoms with Crippen molar-refractivity contribution >= 4 is 12.8 Å². The van der Waals surface area contributed by atoms with E-state index in [1.54, 1.807) is 3.97 Å². The quantitative estimate of drug-likeness (QED) is 0.299. The topological polar surface area (TPSA) is 8.81 Å². The standard InChI is InChI=1S/C4H7N2S.ClH/c1-5-2-3-6(7)4-5;/h2-4,7H,1H3;1H/q+1;/p-1. The molecule has 0 amide bonds. The fraction of sp³-hybridized carbons (Fsp3) is 0.250. The first-order valence-corrected chi connectivity index (χ1v) is 2.41. The first kappa shape index (κ1) is 7.85. The van der Waals surface area contributed by atoms with Crippen LogP contribution in [0.4, 0.5) is 0 Å². The first-order chi connectivity index (χ1) is 3.29. The molecule has 0 N–H and O–H groups in total. The minimum absolute atomic E-state index is 0. The maximum atomic E-state index is 4.00. The van der Waals surface area contributed by atoms with Crippen molar-refractivity contribution in [3.63, 3.8) is 0 Å². The normalized spacial score (nSPS) is 8.25. The Morgan fingerprint density at radius 1 is 1.62 bits per heavy atom. The maximum Gasteiger partial charge on any atom is 0.255 e. The molecule has 0 aliphatic rings. The molecule has 0 unspecified atom stereocenters. The number of aromatic nitrogens is 2. The molecule has 0 aliphatic carbocycles. The van der Waals surface area contributed by atoms with Crippen LogP contribution in [0.1, 0.15) is 0 Å². The average Bonchev–Trinajstić information content (AvgIpc) is 1.87. The number of hydrogen-bond acceptors (Lipinski definition) is 1. The first-order valence-electron chi connectivity index (χ1n) is 2.01. The number of aryl methyl sites for hydroxylation is 1. The molecule has 1 heterocycles. The van der Waals surface area contributed by atoms with E-state index in [2.05, 4.69) is 12.8 Å². The molecule has 0 radical (unpaired) electrons. The van der Waals surface area contributed by atoms with Crippen LogP contribution in [0.5, 0.6) is 0 Å². The molecule has 0 fully saturated rings. The summed E-state index contributed by atoms with van der Waals surface area (Å²) in [5.74, 6) is 0. The number of imidazole rings is 1. The van der Waals surface area contributed by atoms with E-state index in [-0.39, 0.29) is 12.4 Å². The van der Waals surface area contributed by atoms with Gasteiger partial charge in [0.25, 0.3) is 6.33 Å². The van der Waals surface area contributed by atoms with E-state index in [0.717, 1.165) is 0 Å². The molecule has 0 aromatic carbocycles. The lowest BCUT2D eigenvalue weighted by Gasteiger charge is -1.70. The zero-order chi connectivity index (χ0) is 5.28. The maximum absolute atomic E-state index is 4.00. The van der Waals surface area contributed by atoms with Gasteiger partial charge in [-0.05, 0) is 0 Å². The summed E-state index contributed by atoms with van der Waals surface area (Å²) in [7, 11) is 1.95. The minimum atomic E-state index is 0. The number of nitrogens with zero attached hydrogens (tertiary/aromatic N) is 2. The van der Waals surface area contributed by atoms with Crippen LogP contribution < -0.4 is 17.0 Å². The van der Waals surface area contributed by atoms with Crippen LogP contribution in [0.15, 0.2) is 18.7 Å². The average molecular weight is 151 g/mol. The van der Waals surface area contributed by atoms with Crippen molar-refractivity contribution in [3.8, 4) is 0 Å². The zero-order valence-corrected chi connectivity index (χ0v) is 6.10. The van der Waals surface area contributed by atoms with E-state index in [1.807, 2.05) is 30.3 Å². The largest absolute Gasteiger partial charge is 1.00 e. The summed E-state index contributed by atoms with van der Waals surface area (Å²) in [6, 6.07) is 0. The molecule has 1 rings (SSSR count). The molecular formula is C4H7ClN2S. The van der Waals surface area contributed by atoms with Gasteiger partial charge in [0.2, 0.25) is 0 Å². The SMILES string of the molecule is C[n+]1ccn(S)c1.[Cl-]. The molecule has 0 aliphatic heterocycles. The Bertz CT molecular complexity index is 146. The van der Waals surface area contributed by atoms with Crippen molar-refractivity contribution in [2.75, 3.05) is 0 Å². The van der Waals surface area contributed by atoms with Crippen molar-refractivity contribution in [1.29, 1.82) is 0 Å². The van der Waals surface area contributed by atoms with Crippen molar-refractivity contribution in [3.05, 3.63) is 18.7 Å². The van der Waals surface area contributed by atoms with Gasteiger partial charge in [0, 0.05) is 12.8 Å². The van der Waals surface area contributed by atoms with Crippen molar-refractivity contribution < 1.29 is 17.0 Å². The smallest absolute Gasteiger partial charge is 0.255 e. The van der Waals surface area contributed by atoms with E-state index in [0.29, 0.717) is 0 Å². The lowest BCUT2D eigenvalue weighted by molar-refractivity contribution is -0.670. The summed E-state index contributed by atoms with van der Waals surface area (Å²) in [4.78, 5) is 0. The van der Waals surface area contributed by atoms with E-state index < -0.39 is 0 Å². The van der Waals surface area contributed by atoms with Crippen LogP contribution in [-0.2, 0) is 7.05 Å². The minimum Gasteiger partial charge on any atom is -1.00 e. The van der Waals surface area contributed by atoms with Gasteiger partial charge in [-0.25, -0.2) is 4.57 Å². The molecule has 0 saturated carbocycles. The predicted molar refractivity (Wildman–Crippen MR) is 30.0 cm³/mol. The van der Waals surface area contributed by atoms with Crippen LogP contribution >= 0.6 is 12.8 Å². The lowest BCUT2D eigenvalue weighted by Crippen LogP contribution is -3.00. The summed E-state index contributed by atoms with van der Waals surface area (Å²) >= 11 is 4.00. The summed E-state index contributed by atoms with van der Waals surface area (Å²) in [6.45, 7) is 0. The fourth-order valence-electron chi connectivity index (χ4n) is 0.437. The van der Waals surface area contributed by atoms with Crippen molar-refractivity contribution in [2.45, 2.75) is 0 Å². The van der Waals surface area contributed by atoms with E-state index >= 15 is 0 Å². The summed E-state index contributed by atoms with van der Waals surface area (Å²) in [6.07, 6.45) is 5.65. The van der Waals surface area contributed by atoms with Crippen molar-refractivity contribution in [1.82, 2.24) is 3.97 Å². The number of thiol groups is 1. The van der Waals surface area contributed by atoms with E-state index in [1.165, 1.54) is 0 Å². The molecule has 4 heteroatoms. The predicted octanol–water partition coefficient (Wildman–Crippen LogP) is -2.99. The van der Waals surface area contributed by atoms with Gasteiger partial charge >= 0.3 is 0 Å². The zero-order valence-electron chi connectivity index (χ0n) is 4.45. The van der Waals surface area contributed by atoms with Gasteiger partial charge in [-0.1, -0.05) is 0 Å². The van der Waals surface area contributed by atoms with Crippen LogP contribution in [0.25, 0.3) is 0 Å². The van der Waals surface area contributed by atoms with Gasteiger partial charge in [-0.3, -0.25) is 0 Å². The summed E-state index contributed by atoms with van der Waals surface area (Å²) in [5, 5.41) is 0. The molecule has 0 saturated heterocycles. The molecule has 8 heavy (non-hydrogen) atoms. The number of halogens is 1. The third-order valence-electron chi connectivity index (χ3n) is 0.755. The van der Waals surface area contributed by atoms with Gasteiger partial charge in [-0.2, -0.15) is 3.97 Å². The molecule has 0 atom stereocenters. The molecule has 0 spiro atoms. The second-order valence-corrected chi connectivity index (χ2v) is 1.92. The summed E-state index contributed by atoms with van der Waals surface area (Å²) < 4.78 is 3.62. The van der Waals surface area contributed by atoms with Gasteiger partial charge in [-0.15, -0.1) is 0 Å². The Balaban J connectivity index is 0.000000490. The third-order valence-corrected chi connectivity index (χ3v) is 0.992. The molecular weight excluding hydrogens is 144 g/mol.